The van der Waals surface area contributed by atoms with E-state index in [4.69, 9.17) is 4.42 Å². The fourth-order valence-corrected chi connectivity index (χ4v) is 2.44. The van der Waals surface area contributed by atoms with Crippen molar-refractivity contribution < 1.29 is 14.0 Å². The van der Waals surface area contributed by atoms with Gasteiger partial charge in [-0.2, -0.15) is 0 Å². The first-order valence-electron chi connectivity index (χ1n) is 8.59. The first kappa shape index (κ1) is 19.2. The average molecular weight is 352 g/mol. The van der Waals surface area contributed by atoms with Crippen LogP contribution >= 0.6 is 0 Å². The summed E-state index contributed by atoms with van der Waals surface area (Å²) >= 11 is 0. The van der Waals surface area contributed by atoms with E-state index in [2.05, 4.69) is 22.8 Å². The molecule has 136 valence electrons. The lowest BCUT2D eigenvalue weighted by molar-refractivity contribution is -0.120. The van der Waals surface area contributed by atoms with E-state index in [9.17, 15) is 9.59 Å². The van der Waals surface area contributed by atoms with Crippen LogP contribution in [0, 0.1) is 0 Å². The minimum absolute atomic E-state index is 0.121. The molecule has 0 aliphatic heterocycles. The summed E-state index contributed by atoms with van der Waals surface area (Å²) in [6, 6.07) is 19.5. The number of hydrogen-bond acceptors (Lipinski definition) is 3. The quantitative estimate of drug-likeness (QED) is 0.738. The molecule has 0 saturated heterocycles. The second kappa shape index (κ2) is 10.0. The summed E-state index contributed by atoms with van der Waals surface area (Å²) in [4.78, 5) is 22.1. The molecule has 0 fully saturated rings. The maximum absolute atomic E-state index is 11.2. The molecular weight excluding hydrogens is 328 g/mol. The van der Waals surface area contributed by atoms with Crippen molar-refractivity contribution in [3.63, 3.8) is 0 Å². The molecule has 0 radical (unpaired) electrons. The fraction of sp³-hybridized carbons (Fsp3) is 0.238. The van der Waals surface area contributed by atoms with E-state index < -0.39 is 0 Å². The molecule has 0 bridgehead atoms. The highest BCUT2D eigenvalue weighted by molar-refractivity contribution is 5.95. The Morgan fingerprint density at radius 1 is 0.923 bits per heavy atom. The van der Waals surface area contributed by atoms with Gasteiger partial charge in [0.25, 0.3) is 5.91 Å². The number of carbonyl (C=O) groups is 2. The van der Waals surface area contributed by atoms with Gasteiger partial charge in [0.05, 0.1) is 0 Å². The molecule has 0 saturated carbocycles. The maximum Gasteiger partial charge on any atom is 0.286 e. The van der Waals surface area contributed by atoms with Crippen molar-refractivity contribution in [1.29, 1.82) is 0 Å². The smallest absolute Gasteiger partial charge is 0.286 e. The van der Waals surface area contributed by atoms with Gasteiger partial charge in [-0.25, -0.2) is 0 Å². The second-order valence-electron chi connectivity index (χ2n) is 5.74. The van der Waals surface area contributed by atoms with Gasteiger partial charge in [0.2, 0.25) is 5.91 Å². The Morgan fingerprint density at radius 2 is 1.62 bits per heavy atom. The van der Waals surface area contributed by atoms with Crippen molar-refractivity contribution in [3.8, 4) is 0 Å². The standard InChI is InChI=1S/C11H15NO.C10H9NO2/c1-12-11(13)9-5-8-10-6-3-2-4-7-10;1-11-10(12)9-6-7-4-2-3-5-8(7)13-9/h2-4,6-7H,5,8-9H2,1H3,(H,12,13);2-6H,1H3,(H,11,12). The molecule has 3 aromatic rings. The van der Waals surface area contributed by atoms with Crippen LogP contribution < -0.4 is 10.6 Å². The Balaban J connectivity index is 0.000000187. The van der Waals surface area contributed by atoms with Gasteiger partial charge in [0.1, 0.15) is 5.58 Å². The lowest BCUT2D eigenvalue weighted by Gasteiger charge is -2.00. The number of carbonyl (C=O) groups excluding carboxylic acids is 2. The molecule has 5 nitrogen and oxygen atoms in total. The van der Waals surface area contributed by atoms with E-state index in [1.54, 1.807) is 20.2 Å². The van der Waals surface area contributed by atoms with E-state index in [1.807, 2.05) is 42.5 Å². The number of aryl methyl sites for hydroxylation is 1. The fourth-order valence-electron chi connectivity index (χ4n) is 2.44. The van der Waals surface area contributed by atoms with Gasteiger partial charge < -0.3 is 15.1 Å². The highest BCUT2D eigenvalue weighted by Crippen LogP contribution is 2.18. The number of rotatable bonds is 5. The zero-order chi connectivity index (χ0) is 18.8. The molecular formula is C21H24N2O3. The first-order valence-corrected chi connectivity index (χ1v) is 8.59. The third-order valence-corrected chi connectivity index (χ3v) is 3.87. The third kappa shape index (κ3) is 5.77. The molecule has 0 aliphatic carbocycles. The molecule has 2 aromatic carbocycles. The Labute approximate surface area is 153 Å². The number of para-hydroxylation sites is 1. The van der Waals surface area contributed by atoms with Crippen LogP contribution in [-0.4, -0.2) is 25.9 Å². The Bertz CT molecular complexity index is 808. The van der Waals surface area contributed by atoms with Gasteiger partial charge in [0, 0.05) is 25.9 Å². The van der Waals surface area contributed by atoms with Crippen LogP contribution in [0.25, 0.3) is 11.0 Å². The van der Waals surface area contributed by atoms with Gasteiger partial charge >= 0.3 is 0 Å². The van der Waals surface area contributed by atoms with Crippen LogP contribution in [0.5, 0.6) is 0 Å². The largest absolute Gasteiger partial charge is 0.451 e. The zero-order valence-corrected chi connectivity index (χ0v) is 15.1. The number of benzene rings is 2. The van der Waals surface area contributed by atoms with E-state index in [1.165, 1.54) is 5.56 Å². The van der Waals surface area contributed by atoms with Crippen molar-refractivity contribution in [2.75, 3.05) is 14.1 Å². The van der Waals surface area contributed by atoms with Crippen LogP contribution in [0.3, 0.4) is 0 Å². The molecule has 1 heterocycles. The highest BCUT2D eigenvalue weighted by Gasteiger charge is 2.08. The summed E-state index contributed by atoms with van der Waals surface area (Å²) < 4.78 is 5.31. The SMILES string of the molecule is CNC(=O)CCCc1ccccc1.CNC(=O)c1cc2ccccc2o1. The predicted octanol–water partition coefficient (Wildman–Crippen LogP) is 3.55. The second-order valence-corrected chi connectivity index (χ2v) is 5.74. The van der Waals surface area contributed by atoms with Crippen molar-refractivity contribution in [2.45, 2.75) is 19.3 Å². The molecule has 26 heavy (non-hydrogen) atoms. The van der Waals surface area contributed by atoms with E-state index in [0.29, 0.717) is 12.2 Å². The predicted molar refractivity (Wildman–Crippen MR) is 103 cm³/mol. The van der Waals surface area contributed by atoms with Crippen LogP contribution in [-0.2, 0) is 11.2 Å². The van der Waals surface area contributed by atoms with E-state index in [0.717, 1.165) is 23.8 Å². The van der Waals surface area contributed by atoms with E-state index in [-0.39, 0.29) is 11.8 Å². The van der Waals surface area contributed by atoms with Crippen molar-refractivity contribution in [3.05, 3.63) is 72.0 Å². The summed E-state index contributed by atoms with van der Waals surface area (Å²) in [5, 5.41) is 6.07. The van der Waals surface area contributed by atoms with Crippen LogP contribution in [0.4, 0.5) is 0 Å². The summed E-state index contributed by atoms with van der Waals surface area (Å²) in [6.45, 7) is 0. The lowest BCUT2D eigenvalue weighted by Crippen LogP contribution is -2.17. The van der Waals surface area contributed by atoms with Crippen molar-refractivity contribution in [2.24, 2.45) is 0 Å². The summed E-state index contributed by atoms with van der Waals surface area (Å²) in [5.41, 5.74) is 2.03. The summed E-state index contributed by atoms with van der Waals surface area (Å²) in [6.07, 6.45) is 2.52. The third-order valence-electron chi connectivity index (χ3n) is 3.87. The van der Waals surface area contributed by atoms with Gasteiger partial charge in [-0.1, -0.05) is 48.5 Å². The molecule has 3 rings (SSSR count). The number of amides is 2. The van der Waals surface area contributed by atoms with Gasteiger partial charge in [-0.3, -0.25) is 9.59 Å². The van der Waals surface area contributed by atoms with Crippen molar-refractivity contribution >= 4 is 22.8 Å². The Kier molecular flexibility index (Phi) is 7.43. The van der Waals surface area contributed by atoms with Crippen LogP contribution in [0.15, 0.2) is 65.1 Å². The zero-order valence-electron chi connectivity index (χ0n) is 15.1. The number of hydrogen-bond donors (Lipinski definition) is 2. The topological polar surface area (TPSA) is 71.3 Å². The number of fused-ring (bicyclic) bond motifs is 1. The van der Waals surface area contributed by atoms with Gasteiger partial charge in [-0.05, 0) is 30.5 Å². The molecule has 1 aromatic heterocycles. The lowest BCUT2D eigenvalue weighted by atomic mass is 10.1. The van der Waals surface area contributed by atoms with Crippen LogP contribution in [0.1, 0.15) is 29.0 Å². The molecule has 0 atom stereocenters. The van der Waals surface area contributed by atoms with Crippen LogP contribution in [0.2, 0.25) is 0 Å². The van der Waals surface area contributed by atoms with Gasteiger partial charge in [-0.15, -0.1) is 0 Å². The van der Waals surface area contributed by atoms with E-state index >= 15 is 0 Å². The monoisotopic (exact) mass is 352 g/mol. The molecule has 0 aliphatic rings. The van der Waals surface area contributed by atoms with Crippen molar-refractivity contribution in [1.82, 2.24) is 10.6 Å². The molecule has 0 spiro atoms. The summed E-state index contributed by atoms with van der Waals surface area (Å²) in [5.74, 6) is 0.274. The molecule has 0 unspecified atom stereocenters. The normalized spacial score (nSPS) is 9.92. The number of nitrogens with one attached hydrogen (secondary N) is 2. The average Bonchev–Trinajstić information content (AvgIpc) is 3.13. The van der Waals surface area contributed by atoms with Gasteiger partial charge in [0.15, 0.2) is 5.76 Å². The molecule has 5 heteroatoms. The number of furan rings is 1. The Hall–Kier alpha value is -3.08. The first-order chi connectivity index (χ1) is 12.6. The maximum atomic E-state index is 11.2. The molecule has 2 amide bonds. The minimum atomic E-state index is -0.198. The molecule has 2 N–H and O–H groups in total. The highest BCUT2D eigenvalue weighted by atomic mass is 16.3. The minimum Gasteiger partial charge on any atom is -0.451 e. The summed E-state index contributed by atoms with van der Waals surface area (Å²) in [7, 11) is 3.25. The Morgan fingerprint density at radius 3 is 2.27 bits per heavy atom.